The number of hydrogen-bond acceptors (Lipinski definition) is 7. The largest absolute Gasteiger partial charge is 0.322 e. The van der Waals surface area contributed by atoms with Gasteiger partial charge in [-0.1, -0.05) is 17.8 Å². The van der Waals surface area contributed by atoms with E-state index < -0.39 is 0 Å². The van der Waals surface area contributed by atoms with Crippen LogP contribution in [0.1, 0.15) is 21.7 Å². The maximum Gasteiger partial charge on any atom is 0.255 e. The zero-order valence-corrected chi connectivity index (χ0v) is 16.4. The molecule has 0 bridgehead atoms. The molecule has 0 aliphatic heterocycles. The van der Waals surface area contributed by atoms with Gasteiger partial charge in [-0.15, -0.1) is 5.10 Å². The Kier molecular flexibility index (Phi) is 4.74. The van der Waals surface area contributed by atoms with E-state index in [9.17, 15) is 4.79 Å². The van der Waals surface area contributed by atoms with Crippen molar-refractivity contribution >= 4 is 34.4 Å². The molecule has 4 rings (SSSR count). The summed E-state index contributed by atoms with van der Waals surface area (Å²) >= 11 is 1.44. The number of aryl methyl sites for hydroxylation is 2. The molecule has 1 amide bonds. The van der Waals surface area contributed by atoms with E-state index >= 15 is 0 Å². The van der Waals surface area contributed by atoms with E-state index in [0.29, 0.717) is 21.9 Å². The molecular weight excluding hydrogens is 374 g/mol. The number of thioether (sulfide) groups is 1. The molecule has 28 heavy (non-hydrogen) atoms. The molecule has 0 spiro atoms. The highest BCUT2D eigenvalue weighted by Crippen LogP contribution is 2.20. The highest BCUT2D eigenvalue weighted by Gasteiger charge is 2.11. The maximum absolute atomic E-state index is 12.7. The summed E-state index contributed by atoms with van der Waals surface area (Å²) < 4.78 is 1.62. The average molecular weight is 391 g/mol. The first-order valence-electron chi connectivity index (χ1n) is 8.54. The van der Waals surface area contributed by atoms with Gasteiger partial charge in [-0.3, -0.25) is 4.79 Å². The second-order valence-corrected chi connectivity index (χ2v) is 6.95. The Balaban J connectivity index is 1.61. The molecule has 8 nitrogen and oxygen atoms in total. The SMILES string of the molecule is CSc1nnnn1-c1cccc(NC(=O)c2ccc3nc(C)c(C)nc3c2)c1. The number of nitrogens with one attached hydrogen (secondary N) is 1. The predicted molar refractivity (Wildman–Crippen MR) is 108 cm³/mol. The minimum absolute atomic E-state index is 0.221. The summed E-state index contributed by atoms with van der Waals surface area (Å²) in [5.74, 6) is -0.221. The van der Waals surface area contributed by atoms with Crippen molar-refractivity contribution in [1.82, 2.24) is 30.2 Å². The lowest BCUT2D eigenvalue weighted by molar-refractivity contribution is 0.102. The van der Waals surface area contributed by atoms with Crippen LogP contribution in [-0.4, -0.2) is 42.3 Å². The molecule has 0 radical (unpaired) electrons. The van der Waals surface area contributed by atoms with E-state index in [-0.39, 0.29) is 5.91 Å². The second-order valence-electron chi connectivity index (χ2n) is 6.18. The van der Waals surface area contributed by atoms with Gasteiger partial charge in [0.1, 0.15) is 0 Å². The molecule has 0 aliphatic rings. The first-order valence-corrected chi connectivity index (χ1v) is 9.77. The summed E-state index contributed by atoms with van der Waals surface area (Å²) in [6, 6.07) is 12.7. The number of nitrogens with zero attached hydrogens (tertiary/aromatic N) is 6. The van der Waals surface area contributed by atoms with Crippen molar-refractivity contribution in [3.8, 4) is 5.69 Å². The van der Waals surface area contributed by atoms with Gasteiger partial charge >= 0.3 is 0 Å². The van der Waals surface area contributed by atoms with Crippen LogP contribution in [0.25, 0.3) is 16.7 Å². The molecule has 0 fully saturated rings. The number of amides is 1. The van der Waals surface area contributed by atoms with Crippen molar-refractivity contribution in [3.05, 3.63) is 59.4 Å². The van der Waals surface area contributed by atoms with Gasteiger partial charge in [0.2, 0.25) is 5.16 Å². The third kappa shape index (κ3) is 3.44. The highest BCUT2D eigenvalue weighted by atomic mass is 32.2. The van der Waals surface area contributed by atoms with Gasteiger partial charge in [0, 0.05) is 11.3 Å². The molecule has 9 heteroatoms. The van der Waals surface area contributed by atoms with Crippen LogP contribution in [0.5, 0.6) is 0 Å². The number of anilines is 1. The predicted octanol–water partition coefficient (Wildman–Crippen LogP) is 3.20. The van der Waals surface area contributed by atoms with Crippen molar-refractivity contribution in [2.75, 3.05) is 11.6 Å². The van der Waals surface area contributed by atoms with Crippen molar-refractivity contribution < 1.29 is 4.79 Å². The van der Waals surface area contributed by atoms with Crippen molar-refractivity contribution in [2.45, 2.75) is 19.0 Å². The Morgan fingerprint density at radius 3 is 2.61 bits per heavy atom. The van der Waals surface area contributed by atoms with Crippen LogP contribution in [0.2, 0.25) is 0 Å². The third-order valence-electron chi connectivity index (χ3n) is 4.31. The number of carbonyl (C=O) groups is 1. The first-order chi connectivity index (χ1) is 13.5. The molecule has 140 valence electrons. The minimum Gasteiger partial charge on any atom is -0.322 e. The Bertz CT molecular complexity index is 1190. The zero-order valence-electron chi connectivity index (χ0n) is 15.5. The van der Waals surface area contributed by atoms with E-state index in [4.69, 9.17) is 0 Å². The average Bonchev–Trinajstić information content (AvgIpc) is 3.17. The molecule has 0 aliphatic carbocycles. The van der Waals surface area contributed by atoms with Gasteiger partial charge in [0.25, 0.3) is 5.91 Å². The van der Waals surface area contributed by atoms with Gasteiger partial charge in [-0.25, -0.2) is 9.97 Å². The summed E-state index contributed by atoms with van der Waals surface area (Å²) in [7, 11) is 0. The zero-order chi connectivity index (χ0) is 19.7. The fourth-order valence-corrected chi connectivity index (χ4v) is 3.19. The number of benzene rings is 2. The van der Waals surface area contributed by atoms with Gasteiger partial charge in [-0.05, 0) is 66.9 Å². The van der Waals surface area contributed by atoms with Crippen LogP contribution in [0.15, 0.2) is 47.6 Å². The number of carbonyl (C=O) groups excluding carboxylic acids is 1. The van der Waals surface area contributed by atoms with Crippen molar-refractivity contribution in [2.24, 2.45) is 0 Å². The standard InChI is InChI=1S/C19H17N7OS/c1-11-12(2)21-17-9-13(7-8-16(17)20-11)18(27)22-14-5-4-6-15(10-14)26-19(28-3)23-24-25-26/h4-10H,1-3H3,(H,22,27). The van der Waals surface area contributed by atoms with Gasteiger partial charge in [-0.2, -0.15) is 4.68 Å². The summed E-state index contributed by atoms with van der Waals surface area (Å²) in [4.78, 5) is 21.7. The van der Waals surface area contributed by atoms with Crippen molar-refractivity contribution in [3.63, 3.8) is 0 Å². The minimum atomic E-state index is -0.221. The number of tetrazole rings is 1. The molecular formula is C19H17N7OS. The van der Waals surface area contributed by atoms with E-state index in [1.807, 2.05) is 50.4 Å². The smallest absolute Gasteiger partial charge is 0.255 e. The van der Waals surface area contributed by atoms with Gasteiger partial charge in [0.05, 0.1) is 28.1 Å². The molecule has 1 N–H and O–H groups in total. The van der Waals surface area contributed by atoms with Crippen LogP contribution in [0, 0.1) is 13.8 Å². The third-order valence-corrected chi connectivity index (χ3v) is 4.93. The topological polar surface area (TPSA) is 98.5 Å². The Hall–Kier alpha value is -3.33. The lowest BCUT2D eigenvalue weighted by Crippen LogP contribution is -2.12. The van der Waals surface area contributed by atoms with E-state index in [2.05, 4.69) is 30.8 Å². The normalized spacial score (nSPS) is 11.0. The molecule has 2 heterocycles. The first kappa shape index (κ1) is 18.1. The summed E-state index contributed by atoms with van der Waals surface area (Å²) in [5.41, 5.74) is 5.13. The molecule has 2 aromatic carbocycles. The van der Waals surface area contributed by atoms with Gasteiger partial charge < -0.3 is 5.32 Å². The van der Waals surface area contributed by atoms with E-state index in [1.54, 1.807) is 16.8 Å². The molecule has 0 atom stereocenters. The number of fused-ring (bicyclic) bond motifs is 1. The van der Waals surface area contributed by atoms with Crippen molar-refractivity contribution in [1.29, 1.82) is 0 Å². The molecule has 0 saturated heterocycles. The van der Waals surface area contributed by atoms with Crippen LogP contribution in [-0.2, 0) is 0 Å². The monoisotopic (exact) mass is 391 g/mol. The molecule has 2 aromatic heterocycles. The molecule has 4 aromatic rings. The second kappa shape index (κ2) is 7.35. The lowest BCUT2D eigenvalue weighted by atomic mass is 10.1. The summed E-state index contributed by atoms with van der Waals surface area (Å²) in [6.07, 6.45) is 1.90. The van der Waals surface area contributed by atoms with Gasteiger partial charge in [0.15, 0.2) is 0 Å². The summed E-state index contributed by atoms with van der Waals surface area (Å²) in [6.45, 7) is 3.82. The molecule has 0 unspecified atom stereocenters. The quantitative estimate of drug-likeness (QED) is 0.533. The number of aromatic nitrogens is 6. The Morgan fingerprint density at radius 2 is 1.82 bits per heavy atom. The Labute approximate surface area is 165 Å². The fourth-order valence-electron chi connectivity index (χ4n) is 2.76. The number of rotatable bonds is 4. The van der Waals surface area contributed by atoms with E-state index in [0.717, 1.165) is 22.6 Å². The van der Waals surface area contributed by atoms with Crippen LogP contribution in [0.4, 0.5) is 5.69 Å². The lowest BCUT2D eigenvalue weighted by Gasteiger charge is -2.09. The fraction of sp³-hybridized carbons (Fsp3) is 0.158. The number of hydrogen-bond donors (Lipinski definition) is 1. The summed E-state index contributed by atoms with van der Waals surface area (Å²) in [5, 5.41) is 15.2. The Morgan fingerprint density at radius 1 is 1.04 bits per heavy atom. The molecule has 0 saturated carbocycles. The maximum atomic E-state index is 12.7. The highest BCUT2D eigenvalue weighted by molar-refractivity contribution is 7.98. The van der Waals surface area contributed by atoms with E-state index in [1.165, 1.54) is 11.8 Å². The van der Waals surface area contributed by atoms with Crippen LogP contribution >= 0.6 is 11.8 Å². The van der Waals surface area contributed by atoms with Crippen LogP contribution < -0.4 is 5.32 Å². The van der Waals surface area contributed by atoms with Crippen LogP contribution in [0.3, 0.4) is 0 Å².